The van der Waals surface area contributed by atoms with Gasteiger partial charge in [-0.05, 0) is 6.42 Å². The van der Waals surface area contributed by atoms with E-state index in [4.69, 9.17) is 4.89 Å². The van der Waals surface area contributed by atoms with Gasteiger partial charge in [0.25, 0.3) is 0 Å². The van der Waals surface area contributed by atoms with E-state index in [1.54, 1.807) is 0 Å². The Morgan fingerprint density at radius 3 is 1.70 bits per heavy atom. The lowest BCUT2D eigenvalue weighted by Crippen LogP contribution is -2.01. The van der Waals surface area contributed by atoms with Crippen LogP contribution in [0.5, 0.6) is 0 Å². The average Bonchev–Trinajstić information content (AvgIpc) is 2.44. The van der Waals surface area contributed by atoms with Gasteiger partial charge in [0, 0.05) is 6.42 Å². The predicted octanol–water partition coefficient (Wildman–Crippen LogP) is 4.69. The van der Waals surface area contributed by atoms with Gasteiger partial charge in [-0.3, -0.25) is 4.89 Å². The van der Waals surface area contributed by atoms with Gasteiger partial charge in [-0.2, -0.15) is 9.19 Å². The van der Waals surface area contributed by atoms with Crippen LogP contribution in [-0.2, 0) is 13.7 Å². The maximum Gasteiger partial charge on any atom is 0.723 e. The number of nitrogens with two attached hydrogens (primary N) is 1. The van der Waals surface area contributed by atoms with Gasteiger partial charge in [0.05, 0.1) is 0 Å². The number of phosphoric acid groups is 1. The van der Waals surface area contributed by atoms with E-state index >= 15 is 0 Å². The summed E-state index contributed by atoms with van der Waals surface area (Å²) >= 11 is 0. The number of rotatable bonds is 15. The smallest absolute Gasteiger partial charge is 0.255 e. The van der Waals surface area contributed by atoms with Crippen molar-refractivity contribution in [3.8, 4) is 0 Å². The fourth-order valence-electron chi connectivity index (χ4n) is 2.15. The SMILES string of the molecule is CCCCCCCCCCCCCC[O+]P(=O)(O)ON. The van der Waals surface area contributed by atoms with Crippen molar-refractivity contribution in [2.24, 2.45) is 5.90 Å². The molecule has 0 aliphatic heterocycles. The molecule has 6 heteroatoms. The van der Waals surface area contributed by atoms with E-state index in [1.165, 1.54) is 57.8 Å². The highest BCUT2D eigenvalue weighted by atomic mass is 31.2. The summed E-state index contributed by atoms with van der Waals surface area (Å²) in [6.45, 7) is 2.47. The van der Waals surface area contributed by atoms with Crippen LogP contribution in [0, 0.1) is 0 Å². The third kappa shape index (κ3) is 14.5. The fraction of sp³-hybridized carbons (Fsp3) is 1.00. The number of hydrogen-bond donors (Lipinski definition) is 2. The van der Waals surface area contributed by atoms with E-state index in [0.717, 1.165) is 19.3 Å². The zero-order valence-corrected chi connectivity index (χ0v) is 13.8. The van der Waals surface area contributed by atoms with E-state index in [2.05, 4.69) is 22.0 Å². The summed E-state index contributed by atoms with van der Waals surface area (Å²) in [5.74, 6) is 4.62. The summed E-state index contributed by atoms with van der Waals surface area (Å²) < 4.78 is 19.3. The standard InChI is InChI=1S/C14H32NO4P/c1-2-3-4-5-6-7-8-9-10-11-12-13-14-18-20(16,17)19-15/h2-15H2,1H3,(H,16,17)/q+1. The molecule has 20 heavy (non-hydrogen) atoms. The molecule has 0 spiro atoms. The molecule has 1 unspecified atom stereocenters. The Morgan fingerprint density at radius 2 is 1.30 bits per heavy atom. The Morgan fingerprint density at radius 1 is 0.900 bits per heavy atom. The van der Waals surface area contributed by atoms with Crippen LogP contribution in [0.2, 0.25) is 0 Å². The number of unbranched alkanes of at least 4 members (excludes halogenated alkanes) is 11. The van der Waals surface area contributed by atoms with Crippen molar-refractivity contribution in [2.45, 2.75) is 84.0 Å². The molecule has 0 aromatic heterocycles. The first kappa shape index (κ1) is 20.1. The van der Waals surface area contributed by atoms with E-state index in [-0.39, 0.29) is 6.61 Å². The average molecular weight is 309 g/mol. The second-order valence-electron chi connectivity index (χ2n) is 5.30. The van der Waals surface area contributed by atoms with Crippen LogP contribution in [0.15, 0.2) is 0 Å². The molecule has 0 saturated heterocycles. The molecule has 0 saturated carbocycles. The van der Waals surface area contributed by atoms with Crippen LogP contribution in [0.1, 0.15) is 84.0 Å². The number of phosphoric ester groups is 1. The summed E-state index contributed by atoms with van der Waals surface area (Å²) in [6.07, 6.45) is 15.0. The van der Waals surface area contributed by atoms with Gasteiger partial charge in [0.15, 0.2) is 0 Å². The molecule has 0 fully saturated rings. The topological polar surface area (TPSA) is 83.8 Å². The van der Waals surface area contributed by atoms with Gasteiger partial charge < -0.3 is 0 Å². The van der Waals surface area contributed by atoms with E-state index in [9.17, 15) is 4.57 Å². The Balaban J connectivity index is 3.08. The van der Waals surface area contributed by atoms with Crippen LogP contribution in [0.25, 0.3) is 0 Å². The van der Waals surface area contributed by atoms with Crippen molar-refractivity contribution in [1.29, 1.82) is 0 Å². The molecule has 1 atom stereocenters. The van der Waals surface area contributed by atoms with Crippen LogP contribution in [-0.4, -0.2) is 11.5 Å². The van der Waals surface area contributed by atoms with Gasteiger partial charge in [0.2, 0.25) is 6.61 Å². The third-order valence-corrected chi connectivity index (χ3v) is 4.16. The Labute approximate surface area is 123 Å². The lowest BCUT2D eigenvalue weighted by atomic mass is 10.1. The summed E-state index contributed by atoms with van der Waals surface area (Å²) in [5.41, 5.74) is 0. The molecule has 0 aliphatic carbocycles. The van der Waals surface area contributed by atoms with Crippen molar-refractivity contribution in [3.63, 3.8) is 0 Å². The highest BCUT2D eigenvalue weighted by Crippen LogP contribution is 2.40. The molecular formula is C14H32NO4P+. The molecule has 0 rings (SSSR count). The second kappa shape index (κ2) is 14.0. The van der Waals surface area contributed by atoms with Gasteiger partial charge in [-0.1, -0.05) is 75.7 Å². The Bertz CT molecular complexity index is 251. The normalized spacial score (nSPS) is 14.3. The van der Waals surface area contributed by atoms with Crippen LogP contribution in [0.3, 0.4) is 0 Å². The van der Waals surface area contributed by atoms with Crippen molar-refractivity contribution in [1.82, 2.24) is 0 Å². The van der Waals surface area contributed by atoms with Gasteiger partial charge in [-0.25, -0.2) is 5.90 Å². The molecule has 0 amide bonds. The molecule has 0 aromatic rings. The Kier molecular flexibility index (Phi) is 14.1. The summed E-state index contributed by atoms with van der Waals surface area (Å²) in [5, 5.41) is 0. The molecular weight excluding hydrogens is 277 g/mol. The number of hydrogen-bond acceptors (Lipinski definition) is 4. The molecule has 0 heterocycles. The molecule has 5 nitrogen and oxygen atoms in total. The first-order valence-electron chi connectivity index (χ1n) is 7.98. The van der Waals surface area contributed by atoms with E-state index in [1.807, 2.05) is 0 Å². The summed E-state index contributed by atoms with van der Waals surface area (Å²) in [6, 6.07) is 0. The van der Waals surface area contributed by atoms with Crippen LogP contribution >= 0.6 is 7.82 Å². The zero-order chi connectivity index (χ0) is 15.1. The molecule has 121 valence electrons. The van der Waals surface area contributed by atoms with Crippen molar-refractivity contribution in [3.05, 3.63) is 0 Å². The van der Waals surface area contributed by atoms with Crippen molar-refractivity contribution >= 4 is 7.82 Å². The van der Waals surface area contributed by atoms with Crippen molar-refractivity contribution in [2.75, 3.05) is 6.61 Å². The molecule has 0 bridgehead atoms. The molecule has 3 N–H and O–H groups in total. The summed E-state index contributed by atoms with van der Waals surface area (Å²) in [4.78, 5) is 8.89. The predicted molar refractivity (Wildman–Crippen MR) is 82.1 cm³/mol. The Hall–Kier alpha value is 0.0700. The minimum Gasteiger partial charge on any atom is -0.255 e. The largest absolute Gasteiger partial charge is 0.723 e. The fourth-order valence-corrected chi connectivity index (χ4v) is 2.57. The maximum absolute atomic E-state index is 10.9. The lowest BCUT2D eigenvalue weighted by molar-refractivity contribution is 0.149. The molecule has 1 radical (unpaired) electrons. The second-order valence-corrected chi connectivity index (χ2v) is 6.70. The lowest BCUT2D eigenvalue weighted by Gasteiger charge is -2.01. The van der Waals surface area contributed by atoms with Crippen molar-refractivity contribution < 1.29 is 18.6 Å². The van der Waals surface area contributed by atoms with E-state index in [0.29, 0.717) is 0 Å². The zero-order valence-electron chi connectivity index (χ0n) is 12.9. The maximum atomic E-state index is 10.9. The van der Waals surface area contributed by atoms with Crippen LogP contribution in [0.4, 0.5) is 0 Å². The van der Waals surface area contributed by atoms with Gasteiger partial charge in [-0.15, -0.1) is 0 Å². The van der Waals surface area contributed by atoms with Crippen LogP contribution < -0.4 is 5.90 Å². The quantitative estimate of drug-likeness (QED) is 0.198. The molecule has 0 aromatic carbocycles. The highest BCUT2D eigenvalue weighted by molar-refractivity contribution is 7.47. The molecule has 0 aliphatic rings. The highest BCUT2D eigenvalue weighted by Gasteiger charge is 2.35. The van der Waals surface area contributed by atoms with E-state index < -0.39 is 7.82 Å². The first-order valence-corrected chi connectivity index (χ1v) is 9.47. The summed E-state index contributed by atoms with van der Waals surface area (Å²) in [7, 11) is -3.98. The minimum atomic E-state index is -3.98. The van der Waals surface area contributed by atoms with Gasteiger partial charge >= 0.3 is 7.82 Å². The monoisotopic (exact) mass is 309 g/mol. The minimum absolute atomic E-state index is 0.225. The first-order chi connectivity index (χ1) is 9.62. The third-order valence-electron chi connectivity index (χ3n) is 3.39. The van der Waals surface area contributed by atoms with Gasteiger partial charge in [0.1, 0.15) is 0 Å².